The van der Waals surface area contributed by atoms with Gasteiger partial charge in [0.25, 0.3) is 0 Å². The smallest absolute Gasteiger partial charge is 0.169 e. The first-order chi connectivity index (χ1) is 7.21. The fraction of sp³-hybridized carbons (Fsp3) is 1.00. The normalized spacial score (nSPS) is 54.0. The summed E-state index contributed by atoms with van der Waals surface area (Å²) in [6.45, 7) is 2.79. The van der Waals surface area contributed by atoms with E-state index in [4.69, 9.17) is 21.1 Å². The fourth-order valence-corrected chi connectivity index (χ4v) is 3.97. The number of halogens is 1. The molecular formula is C12H19ClO2. The van der Waals surface area contributed by atoms with Crippen molar-refractivity contribution in [2.45, 2.75) is 44.5 Å². The van der Waals surface area contributed by atoms with E-state index in [2.05, 4.69) is 6.92 Å². The zero-order chi connectivity index (χ0) is 10.5. The van der Waals surface area contributed by atoms with E-state index in [9.17, 15) is 0 Å². The Kier molecular flexibility index (Phi) is 2.50. The molecule has 1 saturated heterocycles. The van der Waals surface area contributed by atoms with Crippen LogP contribution in [0.4, 0.5) is 0 Å². The van der Waals surface area contributed by atoms with E-state index in [-0.39, 0.29) is 11.9 Å². The molecule has 2 bridgehead atoms. The summed E-state index contributed by atoms with van der Waals surface area (Å²) in [7, 11) is 0. The van der Waals surface area contributed by atoms with Crippen LogP contribution in [0, 0.1) is 17.8 Å². The molecule has 0 aromatic heterocycles. The predicted octanol–water partition coefficient (Wildman–Crippen LogP) is 2.79. The average molecular weight is 231 g/mol. The van der Waals surface area contributed by atoms with Crippen molar-refractivity contribution < 1.29 is 9.47 Å². The average Bonchev–Trinajstić information content (AvgIpc) is 2.91. The summed E-state index contributed by atoms with van der Waals surface area (Å²) in [6.07, 6.45) is 5.62. The van der Waals surface area contributed by atoms with E-state index in [1.165, 1.54) is 25.7 Å². The molecule has 0 amide bonds. The van der Waals surface area contributed by atoms with Crippen molar-refractivity contribution in [1.82, 2.24) is 0 Å². The second kappa shape index (κ2) is 3.61. The summed E-state index contributed by atoms with van der Waals surface area (Å²) in [6, 6.07) is 0. The molecule has 2 nitrogen and oxygen atoms in total. The number of fused-ring (bicyclic) bond motifs is 2. The zero-order valence-electron chi connectivity index (χ0n) is 9.25. The third kappa shape index (κ3) is 1.62. The highest BCUT2D eigenvalue weighted by atomic mass is 35.5. The lowest BCUT2D eigenvalue weighted by Gasteiger charge is -2.35. The maximum Gasteiger partial charge on any atom is 0.169 e. The quantitative estimate of drug-likeness (QED) is 0.680. The predicted molar refractivity (Wildman–Crippen MR) is 58.9 cm³/mol. The Morgan fingerprint density at radius 3 is 2.73 bits per heavy atom. The van der Waals surface area contributed by atoms with Gasteiger partial charge in [-0.25, -0.2) is 0 Å². The van der Waals surface area contributed by atoms with Gasteiger partial charge in [0.2, 0.25) is 0 Å². The van der Waals surface area contributed by atoms with Gasteiger partial charge in [-0.3, -0.25) is 0 Å². The molecule has 3 aliphatic rings. The van der Waals surface area contributed by atoms with Crippen LogP contribution in [-0.4, -0.2) is 24.4 Å². The molecule has 5 unspecified atom stereocenters. The second-order valence-electron chi connectivity index (χ2n) is 5.50. The minimum atomic E-state index is -0.334. The third-order valence-electron chi connectivity index (χ3n) is 4.54. The van der Waals surface area contributed by atoms with E-state index >= 15 is 0 Å². The molecule has 3 fully saturated rings. The maximum atomic E-state index is 5.98. The van der Waals surface area contributed by atoms with E-state index < -0.39 is 0 Å². The Labute approximate surface area is 96.3 Å². The SMILES string of the molecule is CC1(C2CC3CCC2C3)OCC(CCl)O1. The maximum absolute atomic E-state index is 5.98. The van der Waals surface area contributed by atoms with Crippen LogP contribution in [0.25, 0.3) is 0 Å². The Bertz CT molecular complexity index is 258. The van der Waals surface area contributed by atoms with E-state index in [1.807, 2.05) is 0 Å². The lowest BCUT2D eigenvalue weighted by Crippen LogP contribution is -2.39. The van der Waals surface area contributed by atoms with Crippen LogP contribution in [-0.2, 0) is 9.47 Å². The number of ether oxygens (including phenoxy) is 2. The summed E-state index contributed by atoms with van der Waals surface area (Å²) in [4.78, 5) is 0. The van der Waals surface area contributed by atoms with Crippen LogP contribution in [0.2, 0.25) is 0 Å². The summed E-state index contributed by atoms with van der Waals surface area (Å²) in [5.41, 5.74) is 0. The zero-order valence-corrected chi connectivity index (χ0v) is 10.0. The molecule has 0 N–H and O–H groups in total. The molecule has 86 valence electrons. The van der Waals surface area contributed by atoms with Crippen molar-refractivity contribution in [2.75, 3.05) is 12.5 Å². The number of hydrogen-bond donors (Lipinski definition) is 0. The molecule has 0 aromatic carbocycles. The van der Waals surface area contributed by atoms with E-state index in [0.717, 1.165) is 11.8 Å². The van der Waals surface area contributed by atoms with Crippen molar-refractivity contribution in [3.8, 4) is 0 Å². The van der Waals surface area contributed by atoms with Gasteiger partial charge < -0.3 is 9.47 Å². The van der Waals surface area contributed by atoms with Crippen molar-refractivity contribution >= 4 is 11.6 Å². The van der Waals surface area contributed by atoms with E-state index in [1.54, 1.807) is 0 Å². The molecular weight excluding hydrogens is 212 g/mol. The molecule has 2 saturated carbocycles. The van der Waals surface area contributed by atoms with E-state index in [0.29, 0.717) is 18.4 Å². The first-order valence-electron chi connectivity index (χ1n) is 6.09. The Morgan fingerprint density at radius 1 is 1.33 bits per heavy atom. The van der Waals surface area contributed by atoms with Crippen molar-refractivity contribution in [3.63, 3.8) is 0 Å². The molecule has 2 aliphatic carbocycles. The largest absolute Gasteiger partial charge is 0.347 e. The van der Waals surface area contributed by atoms with Crippen molar-refractivity contribution in [1.29, 1.82) is 0 Å². The molecule has 3 heteroatoms. The molecule has 0 radical (unpaired) electrons. The molecule has 3 rings (SSSR count). The van der Waals surface area contributed by atoms with Gasteiger partial charge in [0.05, 0.1) is 18.6 Å². The number of alkyl halides is 1. The van der Waals surface area contributed by atoms with Gasteiger partial charge in [-0.05, 0) is 38.0 Å². The minimum Gasteiger partial charge on any atom is -0.347 e. The monoisotopic (exact) mass is 230 g/mol. The van der Waals surface area contributed by atoms with Gasteiger partial charge in [0, 0.05) is 5.92 Å². The first-order valence-corrected chi connectivity index (χ1v) is 6.62. The van der Waals surface area contributed by atoms with Crippen LogP contribution in [0.3, 0.4) is 0 Å². The molecule has 15 heavy (non-hydrogen) atoms. The summed E-state index contributed by atoms with van der Waals surface area (Å²) >= 11 is 5.82. The molecule has 1 aliphatic heterocycles. The Balaban J connectivity index is 1.72. The number of rotatable bonds is 2. The van der Waals surface area contributed by atoms with Crippen LogP contribution in [0.5, 0.6) is 0 Å². The third-order valence-corrected chi connectivity index (χ3v) is 4.88. The fourth-order valence-electron chi connectivity index (χ4n) is 3.81. The summed E-state index contributed by atoms with van der Waals surface area (Å²) in [5, 5.41) is 0. The van der Waals surface area contributed by atoms with Crippen molar-refractivity contribution in [2.24, 2.45) is 17.8 Å². The van der Waals surface area contributed by atoms with Crippen LogP contribution < -0.4 is 0 Å². The van der Waals surface area contributed by atoms with Crippen molar-refractivity contribution in [3.05, 3.63) is 0 Å². The lowest BCUT2D eigenvalue weighted by atomic mass is 9.83. The standard InChI is InChI=1S/C12H19ClO2/c1-12(14-7-10(6-13)15-12)11-5-8-2-3-9(11)4-8/h8-11H,2-7H2,1H3. The van der Waals surface area contributed by atoms with Gasteiger partial charge >= 0.3 is 0 Å². The Morgan fingerprint density at radius 2 is 2.20 bits per heavy atom. The molecule has 1 heterocycles. The van der Waals surface area contributed by atoms with Gasteiger partial charge in [0.1, 0.15) is 0 Å². The lowest BCUT2D eigenvalue weighted by molar-refractivity contribution is -0.200. The molecule has 5 atom stereocenters. The second-order valence-corrected chi connectivity index (χ2v) is 5.81. The summed E-state index contributed by atoms with van der Waals surface area (Å²) < 4.78 is 11.9. The highest BCUT2D eigenvalue weighted by molar-refractivity contribution is 6.18. The molecule has 0 spiro atoms. The van der Waals surface area contributed by atoms with Crippen LogP contribution in [0.15, 0.2) is 0 Å². The van der Waals surface area contributed by atoms with Gasteiger partial charge in [-0.15, -0.1) is 11.6 Å². The van der Waals surface area contributed by atoms with Crippen LogP contribution in [0.1, 0.15) is 32.6 Å². The topological polar surface area (TPSA) is 18.5 Å². The molecule has 0 aromatic rings. The van der Waals surface area contributed by atoms with Gasteiger partial charge in [-0.2, -0.15) is 0 Å². The Hall–Kier alpha value is 0.210. The summed E-state index contributed by atoms with van der Waals surface area (Å²) in [5.74, 6) is 2.62. The number of hydrogen-bond acceptors (Lipinski definition) is 2. The van der Waals surface area contributed by atoms with Gasteiger partial charge in [0.15, 0.2) is 5.79 Å². The van der Waals surface area contributed by atoms with Crippen LogP contribution >= 0.6 is 11.6 Å². The van der Waals surface area contributed by atoms with Gasteiger partial charge in [-0.1, -0.05) is 6.42 Å². The highest BCUT2D eigenvalue weighted by Crippen LogP contribution is 2.54. The highest BCUT2D eigenvalue weighted by Gasteiger charge is 2.52. The first kappa shape index (κ1) is 10.4. The minimum absolute atomic E-state index is 0.107.